The van der Waals surface area contributed by atoms with E-state index in [1.807, 2.05) is 6.07 Å². The summed E-state index contributed by atoms with van der Waals surface area (Å²) in [5.41, 5.74) is 1.01. The highest BCUT2D eigenvalue weighted by Crippen LogP contribution is 2.25. The highest BCUT2D eigenvalue weighted by atomic mass is 16.9. The molecule has 24 heavy (non-hydrogen) atoms. The van der Waals surface area contributed by atoms with E-state index in [0.29, 0.717) is 27.6 Å². The van der Waals surface area contributed by atoms with E-state index in [1.54, 1.807) is 60.7 Å². The number of nitrogens with zero attached hydrogens (tertiary/aromatic N) is 1. The molecular formula is C18H13NO5. The standard InChI is InChI=1S/C18H13NO5/c20-18(24-14-6-2-1-3-7-14)17-11-10-13(12-23-19(21)22)15-8-4-5-9-16(15)17/h1-11H,12H2. The zero-order valence-electron chi connectivity index (χ0n) is 12.5. The minimum Gasteiger partial charge on any atom is -0.423 e. The van der Waals surface area contributed by atoms with Gasteiger partial charge in [-0.25, -0.2) is 4.79 Å². The highest BCUT2D eigenvalue weighted by Gasteiger charge is 2.15. The average Bonchev–Trinajstić information content (AvgIpc) is 2.60. The molecule has 0 N–H and O–H groups in total. The lowest BCUT2D eigenvalue weighted by atomic mass is 10.00. The van der Waals surface area contributed by atoms with Crippen molar-refractivity contribution in [2.24, 2.45) is 0 Å². The first-order valence-corrected chi connectivity index (χ1v) is 7.20. The van der Waals surface area contributed by atoms with Crippen molar-refractivity contribution in [1.29, 1.82) is 0 Å². The quantitative estimate of drug-likeness (QED) is 0.309. The fraction of sp³-hybridized carbons (Fsp3) is 0.0556. The Hall–Kier alpha value is -3.41. The predicted octanol–water partition coefficient (Wildman–Crippen LogP) is 3.77. The van der Waals surface area contributed by atoms with E-state index >= 15 is 0 Å². The molecule has 0 spiro atoms. The Labute approximate surface area is 137 Å². The summed E-state index contributed by atoms with van der Waals surface area (Å²) >= 11 is 0. The number of fused-ring (bicyclic) bond motifs is 1. The van der Waals surface area contributed by atoms with Gasteiger partial charge in [0.15, 0.2) is 0 Å². The summed E-state index contributed by atoms with van der Waals surface area (Å²) in [5.74, 6) is -0.0357. The Morgan fingerprint density at radius 3 is 2.29 bits per heavy atom. The van der Waals surface area contributed by atoms with Gasteiger partial charge in [0, 0.05) is 0 Å². The lowest BCUT2D eigenvalue weighted by Gasteiger charge is -2.10. The zero-order valence-corrected chi connectivity index (χ0v) is 12.5. The molecule has 3 rings (SSSR count). The van der Waals surface area contributed by atoms with Crippen molar-refractivity contribution in [2.45, 2.75) is 6.61 Å². The Morgan fingerprint density at radius 2 is 1.58 bits per heavy atom. The van der Waals surface area contributed by atoms with Crippen LogP contribution < -0.4 is 4.74 Å². The lowest BCUT2D eigenvalue weighted by Crippen LogP contribution is -2.10. The molecule has 3 aromatic carbocycles. The summed E-state index contributed by atoms with van der Waals surface area (Å²) in [6.45, 7) is -0.179. The fourth-order valence-corrected chi connectivity index (χ4v) is 2.44. The van der Waals surface area contributed by atoms with Crippen LogP contribution in [-0.4, -0.2) is 11.1 Å². The number of carbonyl (C=O) groups excluding carboxylic acids is 1. The van der Waals surface area contributed by atoms with Gasteiger partial charge in [0.2, 0.25) is 0 Å². The molecular weight excluding hydrogens is 310 g/mol. The first-order chi connectivity index (χ1) is 11.6. The van der Waals surface area contributed by atoms with Crippen LogP contribution in [0.2, 0.25) is 0 Å². The number of carbonyl (C=O) groups is 1. The Balaban J connectivity index is 1.95. The van der Waals surface area contributed by atoms with Gasteiger partial charge in [-0.15, -0.1) is 10.1 Å². The minimum atomic E-state index is -0.841. The van der Waals surface area contributed by atoms with Crippen molar-refractivity contribution in [3.63, 3.8) is 0 Å². The SMILES string of the molecule is O=C(Oc1ccccc1)c1ccc(CO[N+](=O)[O-])c2ccccc12. The zero-order chi connectivity index (χ0) is 16.9. The van der Waals surface area contributed by atoms with Crippen LogP contribution >= 0.6 is 0 Å². The molecule has 3 aromatic rings. The molecule has 0 saturated carbocycles. The van der Waals surface area contributed by atoms with E-state index in [-0.39, 0.29) is 6.61 Å². The Morgan fingerprint density at radius 1 is 0.917 bits per heavy atom. The van der Waals surface area contributed by atoms with Crippen molar-refractivity contribution in [2.75, 3.05) is 0 Å². The number of hydrogen-bond donors (Lipinski definition) is 0. The van der Waals surface area contributed by atoms with Crippen molar-refractivity contribution in [3.05, 3.63) is 88.0 Å². The molecule has 0 unspecified atom stereocenters. The van der Waals surface area contributed by atoms with E-state index in [9.17, 15) is 14.9 Å². The molecule has 0 amide bonds. The summed E-state index contributed by atoms with van der Waals surface area (Å²) in [6, 6.07) is 19.1. The third kappa shape index (κ3) is 3.33. The monoisotopic (exact) mass is 323 g/mol. The largest absolute Gasteiger partial charge is 0.423 e. The Bertz CT molecular complexity index is 892. The van der Waals surface area contributed by atoms with Crippen LogP contribution in [0.1, 0.15) is 15.9 Å². The second-order valence-corrected chi connectivity index (χ2v) is 5.02. The molecule has 0 aliphatic heterocycles. The van der Waals surface area contributed by atoms with Gasteiger partial charge in [0.25, 0.3) is 5.09 Å². The molecule has 6 nitrogen and oxygen atoms in total. The second kappa shape index (κ2) is 6.78. The molecule has 0 atom stereocenters. The van der Waals surface area contributed by atoms with E-state index in [4.69, 9.17) is 4.74 Å². The maximum Gasteiger partial charge on any atom is 0.344 e. The van der Waals surface area contributed by atoms with Crippen LogP contribution in [-0.2, 0) is 11.4 Å². The van der Waals surface area contributed by atoms with E-state index in [2.05, 4.69) is 4.84 Å². The molecule has 0 heterocycles. The highest BCUT2D eigenvalue weighted by molar-refractivity contribution is 6.06. The van der Waals surface area contributed by atoms with Gasteiger partial charge in [-0.1, -0.05) is 48.5 Å². The smallest absolute Gasteiger partial charge is 0.344 e. The molecule has 0 aromatic heterocycles. The van der Waals surface area contributed by atoms with Crippen LogP contribution in [0.4, 0.5) is 0 Å². The van der Waals surface area contributed by atoms with Gasteiger partial charge in [-0.05, 0) is 34.5 Å². The summed E-state index contributed by atoms with van der Waals surface area (Å²) in [7, 11) is 0. The first kappa shape index (κ1) is 15.5. The van der Waals surface area contributed by atoms with Crippen molar-refractivity contribution < 1.29 is 19.5 Å². The second-order valence-electron chi connectivity index (χ2n) is 5.02. The van der Waals surface area contributed by atoms with Gasteiger partial charge < -0.3 is 9.57 Å². The van der Waals surface area contributed by atoms with Crippen molar-refractivity contribution >= 4 is 16.7 Å². The maximum absolute atomic E-state index is 12.4. The van der Waals surface area contributed by atoms with E-state index in [1.165, 1.54) is 0 Å². The molecule has 0 aliphatic carbocycles. The molecule has 120 valence electrons. The van der Waals surface area contributed by atoms with Crippen LogP contribution in [0.25, 0.3) is 10.8 Å². The topological polar surface area (TPSA) is 78.7 Å². The number of benzene rings is 3. The number of ether oxygens (including phenoxy) is 1. The van der Waals surface area contributed by atoms with Gasteiger partial charge in [-0.2, -0.15) is 0 Å². The van der Waals surface area contributed by atoms with Gasteiger partial charge in [-0.3, -0.25) is 0 Å². The maximum atomic E-state index is 12.4. The predicted molar refractivity (Wildman–Crippen MR) is 87.1 cm³/mol. The van der Waals surface area contributed by atoms with E-state index < -0.39 is 11.1 Å². The summed E-state index contributed by atoms with van der Waals surface area (Å²) < 4.78 is 5.37. The van der Waals surface area contributed by atoms with Gasteiger partial charge in [0.1, 0.15) is 12.4 Å². The van der Waals surface area contributed by atoms with Crippen LogP contribution in [0.5, 0.6) is 5.75 Å². The molecule has 0 saturated heterocycles. The Kier molecular flexibility index (Phi) is 4.38. The molecule has 0 aliphatic rings. The summed E-state index contributed by atoms with van der Waals surface area (Å²) in [4.78, 5) is 27.3. The van der Waals surface area contributed by atoms with Crippen LogP contribution in [0.15, 0.2) is 66.7 Å². The van der Waals surface area contributed by atoms with Crippen LogP contribution in [0, 0.1) is 10.1 Å². The first-order valence-electron chi connectivity index (χ1n) is 7.20. The minimum absolute atomic E-state index is 0.179. The normalized spacial score (nSPS) is 10.3. The van der Waals surface area contributed by atoms with E-state index in [0.717, 1.165) is 0 Å². The molecule has 6 heteroatoms. The average molecular weight is 323 g/mol. The fourth-order valence-electron chi connectivity index (χ4n) is 2.44. The number of hydrogen-bond acceptors (Lipinski definition) is 5. The summed E-state index contributed by atoms with van der Waals surface area (Å²) in [6.07, 6.45) is 0. The number of para-hydroxylation sites is 1. The van der Waals surface area contributed by atoms with Crippen molar-refractivity contribution in [3.8, 4) is 5.75 Å². The van der Waals surface area contributed by atoms with Crippen molar-refractivity contribution in [1.82, 2.24) is 0 Å². The lowest BCUT2D eigenvalue weighted by molar-refractivity contribution is -0.762. The van der Waals surface area contributed by atoms with Gasteiger partial charge in [0.05, 0.1) is 5.56 Å². The third-order valence-corrected chi connectivity index (χ3v) is 3.51. The molecule has 0 fully saturated rings. The van der Waals surface area contributed by atoms with Gasteiger partial charge >= 0.3 is 5.97 Å². The molecule has 0 radical (unpaired) electrons. The third-order valence-electron chi connectivity index (χ3n) is 3.51. The molecule has 0 bridgehead atoms. The number of esters is 1. The van der Waals surface area contributed by atoms with Crippen LogP contribution in [0.3, 0.4) is 0 Å². The number of rotatable bonds is 5. The summed E-state index contributed by atoms with van der Waals surface area (Å²) in [5, 5.41) is 10.9.